The van der Waals surface area contributed by atoms with Gasteiger partial charge in [-0.2, -0.15) is 5.10 Å². The lowest BCUT2D eigenvalue weighted by atomic mass is 10.1. The predicted octanol–water partition coefficient (Wildman–Crippen LogP) is 0.957. The standard InChI is InChI=1S/C11H11N3O2/c12-10(11(15)16)8-4-1-2-5-9(8)14-7-3-6-13-14/h1-7,10H,12H2,(H,15,16). The van der Waals surface area contributed by atoms with E-state index >= 15 is 0 Å². The number of hydrogen-bond donors (Lipinski definition) is 2. The molecule has 0 aliphatic rings. The van der Waals surface area contributed by atoms with Crippen LogP contribution < -0.4 is 5.73 Å². The van der Waals surface area contributed by atoms with Crippen LogP contribution in [0.15, 0.2) is 42.7 Å². The normalized spacial score (nSPS) is 12.3. The highest BCUT2D eigenvalue weighted by Crippen LogP contribution is 2.19. The van der Waals surface area contributed by atoms with Crippen molar-refractivity contribution in [1.29, 1.82) is 0 Å². The van der Waals surface area contributed by atoms with Crippen molar-refractivity contribution in [3.05, 3.63) is 48.3 Å². The van der Waals surface area contributed by atoms with E-state index in [4.69, 9.17) is 10.8 Å². The van der Waals surface area contributed by atoms with Gasteiger partial charge in [-0.3, -0.25) is 4.79 Å². The molecule has 1 aromatic carbocycles. The second-order valence-corrected chi connectivity index (χ2v) is 3.33. The van der Waals surface area contributed by atoms with Gasteiger partial charge >= 0.3 is 5.97 Å². The molecule has 1 heterocycles. The van der Waals surface area contributed by atoms with Gasteiger partial charge in [-0.15, -0.1) is 0 Å². The maximum Gasteiger partial charge on any atom is 0.325 e. The summed E-state index contributed by atoms with van der Waals surface area (Å²) < 4.78 is 1.60. The number of nitrogens with zero attached hydrogens (tertiary/aromatic N) is 2. The number of aliphatic carboxylic acids is 1. The van der Waals surface area contributed by atoms with E-state index in [1.165, 1.54) is 0 Å². The Hall–Kier alpha value is -2.14. The summed E-state index contributed by atoms with van der Waals surface area (Å²) in [5.41, 5.74) is 6.83. The first-order valence-corrected chi connectivity index (χ1v) is 4.77. The number of carbonyl (C=O) groups is 1. The van der Waals surface area contributed by atoms with E-state index in [-0.39, 0.29) is 0 Å². The smallest absolute Gasteiger partial charge is 0.325 e. The van der Waals surface area contributed by atoms with Gasteiger partial charge in [0, 0.05) is 18.0 Å². The summed E-state index contributed by atoms with van der Waals surface area (Å²) in [6.45, 7) is 0. The van der Waals surface area contributed by atoms with Crippen LogP contribution in [-0.4, -0.2) is 20.9 Å². The van der Waals surface area contributed by atoms with Gasteiger partial charge in [0.25, 0.3) is 0 Å². The zero-order valence-corrected chi connectivity index (χ0v) is 8.45. The van der Waals surface area contributed by atoms with Crippen LogP contribution in [0, 0.1) is 0 Å². The minimum Gasteiger partial charge on any atom is -0.480 e. The van der Waals surface area contributed by atoms with Crippen molar-refractivity contribution in [2.24, 2.45) is 5.73 Å². The number of nitrogens with two attached hydrogens (primary N) is 1. The van der Waals surface area contributed by atoms with Gasteiger partial charge < -0.3 is 10.8 Å². The lowest BCUT2D eigenvalue weighted by molar-refractivity contribution is -0.138. The number of aromatic nitrogens is 2. The zero-order chi connectivity index (χ0) is 11.5. The average molecular weight is 217 g/mol. The van der Waals surface area contributed by atoms with Crippen LogP contribution in [0.1, 0.15) is 11.6 Å². The summed E-state index contributed by atoms with van der Waals surface area (Å²) in [6, 6.07) is 7.77. The Balaban J connectivity index is 2.50. The zero-order valence-electron chi connectivity index (χ0n) is 8.45. The molecule has 0 amide bonds. The third-order valence-electron chi connectivity index (χ3n) is 2.29. The Bertz CT molecular complexity index is 494. The summed E-state index contributed by atoms with van der Waals surface area (Å²) in [5, 5.41) is 13.0. The number of carboxylic acids is 1. The molecule has 16 heavy (non-hydrogen) atoms. The number of rotatable bonds is 3. The lowest BCUT2D eigenvalue weighted by Gasteiger charge is -2.12. The van der Waals surface area contributed by atoms with Crippen LogP contribution in [0.25, 0.3) is 5.69 Å². The average Bonchev–Trinajstić information content (AvgIpc) is 2.81. The second kappa shape index (κ2) is 4.16. The third kappa shape index (κ3) is 1.80. The van der Waals surface area contributed by atoms with E-state index in [0.717, 1.165) is 0 Å². The maximum atomic E-state index is 10.9. The summed E-state index contributed by atoms with van der Waals surface area (Å²) in [7, 11) is 0. The molecule has 0 aliphatic heterocycles. The third-order valence-corrected chi connectivity index (χ3v) is 2.29. The first kappa shape index (κ1) is 10.4. The molecule has 2 aromatic rings. The first-order chi connectivity index (χ1) is 7.70. The van der Waals surface area contributed by atoms with Crippen LogP contribution in [0.2, 0.25) is 0 Å². The number of carboxylic acid groups (broad SMARTS) is 1. The van der Waals surface area contributed by atoms with E-state index in [1.807, 2.05) is 6.07 Å². The fraction of sp³-hybridized carbons (Fsp3) is 0.0909. The molecule has 82 valence electrons. The molecule has 1 atom stereocenters. The van der Waals surface area contributed by atoms with E-state index in [0.29, 0.717) is 11.3 Å². The van der Waals surface area contributed by atoms with E-state index in [9.17, 15) is 4.79 Å². The maximum absolute atomic E-state index is 10.9. The SMILES string of the molecule is NC(C(=O)O)c1ccccc1-n1cccn1. The van der Waals surface area contributed by atoms with Crippen LogP contribution >= 0.6 is 0 Å². The fourth-order valence-electron chi connectivity index (χ4n) is 1.50. The van der Waals surface area contributed by atoms with Gasteiger partial charge in [-0.1, -0.05) is 18.2 Å². The Morgan fingerprint density at radius 2 is 2.12 bits per heavy atom. The fourth-order valence-corrected chi connectivity index (χ4v) is 1.50. The highest BCUT2D eigenvalue weighted by Gasteiger charge is 2.18. The summed E-state index contributed by atoms with van der Waals surface area (Å²) in [4.78, 5) is 10.9. The largest absolute Gasteiger partial charge is 0.480 e. The number of para-hydroxylation sites is 1. The molecule has 0 spiro atoms. The highest BCUT2D eigenvalue weighted by atomic mass is 16.4. The highest BCUT2D eigenvalue weighted by molar-refractivity contribution is 5.76. The number of benzene rings is 1. The van der Waals surface area contributed by atoms with Crippen molar-refractivity contribution >= 4 is 5.97 Å². The minimum atomic E-state index is -1.06. The van der Waals surface area contributed by atoms with Crippen LogP contribution in [0.4, 0.5) is 0 Å². The molecule has 1 aromatic heterocycles. The van der Waals surface area contributed by atoms with Gasteiger partial charge in [0.1, 0.15) is 6.04 Å². The van der Waals surface area contributed by atoms with Crippen LogP contribution in [0.3, 0.4) is 0 Å². The van der Waals surface area contributed by atoms with Crippen LogP contribution in [0.5, 0.6) is 0 Å². The van der Waals surface area contributed by atoms with Crippen molar-refractivity contribution in [3.8, 4) is 5.69 Å². The van der Waals surface area contributed by atoms with Crippen molar-refractivity contribution in [2.45, 2.75) is 6.04 Å². The molecular formula is C11H11N3O2. The lowest BCUT2D eigenvalue weighted by Crippen LogP contribution is -2.22. The van der Waals surface area contributed by atoms with Crippen molar-refractivity contribution in [1.82, 2.24) is 9.78 Å². The molecule has 0 radical (unpaired) electrons. The quantitative estimate of drug-likeness (QED) is 0.802. The van der Waals surface area contributed by atoms with Gasteiger partial charge in [-0.25, -0.2) is 4.68 Å². The van der Waals surface area contributed by atoms with Crippen molar-refractivity contribution in [3.63, 3.8) is 0 Å². The topological polar surface area (TPSA) is 81.1 Å². The number of hydrogen-bond acceptors (Lipinski definition) is 3. The molecule has 1 unspecified atom stereocenters. The van der Waals surface area contributed by atoms with Crippen molar-refractivity contribution in [2.75, 3.05) is 0 Å². The van der Waals surface area contributed by atoms with Gasteiger partial charge in [0.15, 0.2) is 0 Å². The Kier molecular flexibility index (Phi) is 2.70. The molecule has 5 heteroatoms. The molecule has 0 bridgehead atoms. The molecular weight excluding hydrogens is 206 g/mol. The second-order valence-electron chi connectivity index (χ2n) is 3.33. The molecule has 0 fully saturated rings. The van der Waals surface area contributed by atoms with Gasteiger partial charge in [0.2, 0.25) is 0 Å². The predicted molar refractivity (Wildman–Crippen MR) is 58.1 cm³/mol. The monoisotopic (exact) mass is 217 g/mol. The van der Waals surface area contributed by atoms with Gasteiger partial charge in [-0.05, 0) is 12.1 Å². The first-order valence-electron chi connectivity index (χ1n) is 4.77. The summed E-state index contributed by atoms with van der Waals surface area (Å²) in [6.07, 6.45) is 3.37. The molecule has 3 N–H and O–H groups in total. The summed E-state index contributed by atoms with van der Waals surface area (Å²) >= 11 is 0. The molecule has 0 saturated carbocycles. The Labute approximate surface area is 92.1 Å². The molecule has 0 aliphatic carbocycles. The molecule has 0 saturated heterocycles. The Morgan fingerprint density at radius 3 is 2.75 bits per heavy atom. The molecule has 2 rings (SSSR count). The minimum absolute atomic E-state index is 0.540. The van der Waals surface area contributed by atoms with Gasteiger partial charge in [0.05, 0.1) is 5.69 Å². The molecule has 5 nitrogen and oxygen atoms in total. The van der Waals surface area contributed by atoms with E-state index in [2.05, 4.69) is 5.10 Å². The van der Waals surface area contributed by atoms with Crippen LogP contribution in [-0.2, 0) is 4.79 Å². The van der Waals surface area contributed by atoms with E-state index < -0.39 is 12.0 Å². The summed E-state index contributed by atoms with van der Waals surface area (Å²) in [5.74, 6) is -1.06. The Morgan fingerprint density at radius 1 is 1.38 bits per heavy atom. The van der Waals surface area contributed by atoms with Crippen molar-refractivity contribution < 1.29 is 9.90 Å². The van der Waals surface area contributed by atoms with E-state index in [1.54, 1.807) is 41.3 Å².